The van der Waals surface area contributed by atoms with Crippen LogP contribution in [0.4, 0.5) is 0 Å². The van der Waals surface area contributed by atoms with E-state index in [0.29, 0.717) is 24.2 Å². The molecule has 96 valence electrons. The number of hydrogen-bond acceptors (Lipinski definition) is 6. The SMILES string of the molecule is OCC1CCN(Cc2noc(-c3ccoc3)n2)C1. The zero-order valence-corrected chi connectivity index (χ0v) is 9.95. The van der Waals surface area contributed by atoms with Crippen LogP contribution in [0.1, 0.15) is 12.2 Å². The molecule has 2 aromatic heterocycles. The number of aromatic nitrogens is 2. The van der Waals surface area contributed by atoms with E-state index in [0.717, 1.165) is 25.1 Å². The summed E-state index contributed by atoms with van der Waals surface area (Å²) < 4.78 is 10.1. The summed E-state index contributed by atoms with van der Waals surface area (Å²) in [7, 11) is 0. The van der Waals surface area contributed by atoms with E-state index in [2.05, 4.69) is 15.0 Å². The monoisotopic (exact) mass is 249 g/mol. The van der Waals surface area contributed by atoms with Gasteiger partial charge in [0, 0.05) is 13.2 Å². The molecular formula is C12H15N3O3. The molecule has 0 aliphatic carbocycles. The molecule has 1 N–H and O–H groups in total. The molecule has 1 atom stereocenters. The molecule has 1 unspecified atom stereocenters. The first-order chi connectivity index (χ1) is 8.85. The van der Waals surface area contributed by atoms with Gasteiger partial charge in [-0.05, 0) is 24.9 Å². The Morgan fingerprint density at radius 2 is 2.44 bits per heavy atom. The summed E-state index contributed by atoms with van der Waals surface area (Å²) in [5.74, 6) is 1.53. The number of rotatable bonds is 4. The molecule has 0 saturated carbocycles. The van der Waals surface area contributed by atoms with Crippen molar-refractivity contribution >= 4 is 0 Å². The number of aliphatic hydroxyl groups excluding tert-OH is 1. The van der Waals surface area contributed by atoms with Crippen molar-refractivity contribution in [2.45, 2.75) is 13.0 Å². The molecule has 2 aromatic rings. The summed E-state index contributed by atoms with van der Waals surface area (Å²) in [6, 6.07) is 1.79. The minimum Gasteiger partial charge on any atom is -0.472 e. The van der Waals surface area contributed by atoms with Crippen molar-refractivity contribution in [2.24, 2.45) is 5.92 Å². The van der Waals surface area contributed by atoms with Gasteiger partial charge < -0.3 is 14.0 Å². The molecule has 1 saturated heterocycles. The molecule has 6 nitrogen and oxygen atoms in total. The normalized spacial score (nSPS) is 20.6. The number of nitrogens with zero attached hydrogens (tertiary/aromatic N) is 3. The molecule has 1 aliphatic rings. The third-order valence-electron chi connectivity index (χ3n) is 3.23. The highest BCUT2D eigenvalue weighted by Gasteiger charge is 2.23. The van der Waals surface area contributed by atoms with E-state index in [1.54, 1.807) is 18.6 Å². The van der Waals surface area contributed by atoms with E-state index < -0.39 is 0 Å². The van der Waals surface area contributed by atoms with Gasteiger partial charge in [0.15, 0.2) is 5.82 Å². The molecule has 0 amide bonds. The van der Waals surface area contributed by atoms with Crippen molar-refractivity contribution in [1.82, 2.24) is 15.0 Å². The molecular weight excluding hydrogens is 234 g/mol. The molecule has 0 aromatic carbocycles. The minimum absolute atomic E-state index is 0.253. The first-order valence-corrected chi connectivity index (χ1v) is 6.03. The smallest absolute Gasteiger partial charge is 0.261 e. The summed E-state index contributed by atoms with van der Waals surface area (Å²) in [5, 5.41) is 13.0. The second-order valence-electron chi connectivity index (χ2n) is 4.60. The van der Waals surface area contributed by atoms with Gasteiger partial charge in [-0.25, -0.2) is 0 Å². The Morgan fingerprint density at radius 3 is 3.17 bits per heavy atom. The first-order valence-electron chi connectivity index (χ1n) is 6.03. The predicted molar refractivity (Wildman–Crippen MR) is 62.5 cm³/mol. The van der Waals surface area contributed by atoms with Crippen LogP contribution in [0.15, 0.2) is 27.5 Å². The molecule has 0 bridgehead atoms. The Kier molecular flexibility index (Phi) is 3.12. The third-order valence-corrected chi connectivity index (χ3v) is 3.23. The number of furan rings is 1. The van der Waals surface area contributed by atoms with E-state index in [-0.39, 0.29) is 6.61 Å². The lowest BCUT2D eigenvalue weighted by Crippen LogP contribution is -2.21. The second kappa shape index (κ2) is 4.91. The molecule has 3 heterocycles. The highest BCUT2D eigenvalue weighted by atomic mass is 16.5. The average molecular weight is 249 g/mol. The van der Waals surface area contributed by atoms with Crippen LogP contribution in [0.2, 0.25) is 0 Å². The molecule has 0 spiro atoms. The molecule has 0 radical (unpaired) electrons. The van der Waals surface area contributed by atoms with E-state index in [4.69, 9.17) is 14.0 Å². The van der Waals surface area contributed by atoms with Crippen molar-refractivity contribution in [2.75, 3.05) is 19.7 Å². The molecule has 1 fully saturated rings. The fourth-order valence-electron chi connectivity index (χ4n) is 2.23. The predicted octanol–water partition coefficient (Wildman–Crippen LogP) is 1.14. The summed E-state index contributed by atoms with van der Waals surface area (Å²) >= 11 is 0. The van der Waals surface area contributed by atoms with Crippen molar-refractivity contribution in [1.29, 1.82) is 0 Å². The van der Waals surface area contributed by atoms with Gasteiger partial charge in [-0.15, -0.1) is 0 Å². The van der Waals surface area contributed by atoms with Crippen LogP contribution in [0.5, 0.6) is 0 Å². The summed E-state index contributed by atoms with van der Waals surface area (Å²) in [6.07, 6.45) is 4.18. The number of likely N-dealkylation sites (tertiary alicyclic amines) is 1. The zero-order chi connectivity index (χ0) is 12.4. The fraction of sp³-hybridized carbons (Fsp3) is 0.500. The quantitative estimate of drug-likeness (QED) is 0.875. The minimum atomic E-state index is 0.253. The first kappa shape index (κ1) is 11.4. The van der Waals surface area contributed by atoms with Crippen molar-refractivity contribution in [3.05, 3.63) is 24.4 Å². The van der Waals surface area contributed by atoms with Gasteiger partial charge >= 0.3 is 0 Å². The lowest BCUT2D eigenvalue weighted by molar-refractivity contribution is 0.218. The van der Waals surface area contributed by atoms with Crippen LogP contribution in [0, 0.1) is 5.92 Å². The highest BCUT2D eigenvalue weighted by molar-refractivity contribution is 5.49. The molecule has 3 rings (SSSR count). The van der Waals surface area contributed by atoms with Gasteiger partial charge in [0.25, 0.3) is 5.89 Å². The highest BCUT2D eigenvalue weighted by Crippen LogP contribution is 2.20. The maximum Gasteiger partial charge on any atom is 0.261 e. The van der Waals surface area contributed by atoms with Gasteiger partial charge in [-0.3, -0.25) is 4.90 Å². The summed E-state index contributed by atoms with van der Waals surface area (Å²) in [6.45, 7) is 2.79. The lowest BCUT2D eigenvalue weighted by Gasteiger charge is -2.12. The number of hydrogen-bond donors (Lipinski definition) is 1. The van der Waals surface area contributed by atoms with Crippen LogP contribution in [0.25, 0.3) is 11.5 Å². The van der Waals surface area contributed by atoms with Gasteiger partial charge in [-0.2, -0.15) is 4.98 Å². The Balaban J connectivity index is 1.64. The maximum atomic E-state index is 9.09. The third kappa shape index (κ3) is 2.30. The molecule has 18 heavy (non-hydrogen) atoms. The van der Waals surface area contributed by atoms with Crippen LogP contribution in [-0.4, -0.2) is 39.8 Å². The Bertz CT molecular complexity index is 494. The van der Waals surface area contributed by atoms with Gasteiger partial charge in [0.05, 0.1) is 18.4 Å². The Hall–Kier alpha value is -1.66. The van der Waals surface area contributed by atoms with E-state index in [1.165, 1.54) is 0 Å². The molecule has 6 heteroatoms. The number of aliphatic hydroxyl groups is 1. The average Bonchev–Trinajstić information content (AvgIpc) is 3.10. The van der Waals surface area contributed by atoms with E-state index in [9.17, 15) is 0 Å². The Labute approximate surface area is 104 Å². The zero-order valence-electron chi connectivity index (χ0n) is 9.95. The van der Waals surface area contributed by atoms with Gasteiger partial charge in [0.1, 0.15) is 6.26 Å². The van der Waals surface area contributed by atoms with Gasteiger partial charge in [0.2, 0.25) is 0 Å². The largest absolute Gasteiger partial charge is 0.472 e. The summed E-state index contributed by atoms with van der Waals surface area (Å²) in [5.41, 5.74) is 0.795. The van der Waals surface area contributed by atoms with Crippen molar-refractivity contribution in [3.8, 4) is 11.5 Å². The van der Waals surface area contributed by atoms with Crippen molar-refractivity contribution in [3.63, 3.8) is 0 Å². The van der Waals surface area contributed by atoms with E-state index >= 15 is 0 Å². The standard InChI is InChI=1S/C12H15N3O3/c16-7-9-1-3-15(5-9)6-11-13-12(18-14-11)10-2-4-17-8-10/h2,4,8-9,16H,1,3,5-7H2. The van der Waals surface area contributed by atoms with Crippen LogP contribution >= 0.6 is 0 Å². The molecule has 1 aliphatic heterocycles. The van der Waals surface area contributed by atoms with Crippen LogP contribution in [-0.2, 0) is 6.54 Å². The van der Waals surface area contributed by atoms with E-state index in [1.807, 2.05) is 0 Å². The summed E-state index contributed by atoms with van der Waals surface area (Å²) in [4.78, 5) is 6.55. The fourth-order valence-corrected chi connectivity index (χ4v) is 2.23. The lowest BCUT2D eigenvalue weighted by atomic mass is 10.1. The Morgan fingerprint density at radius 1 is 1.50 bits per heavy atom. The van der Waals surface area contributed by atoms with Crippen LogP contribution < -0.4 is 0 Å². The van der Waals surface area contributed by atoms with Gasteiger partial charge in [-0.1, -0.05) is 5.16 Å². The van der Waals surface area contributed by atoms with Crippen LogP contribution in [0.3, 0.4) is 0 Å². The second-order valence-corrected chi connectivity index (χ2v) is 4.60. The van der Waals surface area contributed by atoms with Crippen molar-refractivity contribution < 1.29 is 14.0 Å². The maximum absolute atomic E-state index is 9.09. The topological polar surface area (TPSA) is 75.5 Å².